The van der Waals surface area contributed by atoms with E-state index in [1.54, 1.807) is 0 Å². The summed E-state index contributed by atoms with van der Waals surface area (Å²) in [4.78, 5) is 0. The normalized spacial score (nSPS) is 11.8. The molecule has 4 heteroatoms. The van der Waals surface area contributed by atoms with Crippen LogP contribution in [0.4, 0.5) is 0 Å². The zero-order chi connectivity index (χ0) is 12.2. The lowest BCUT2D eigenvalue weighted by Gasteiger charge is -2.29. The molecule has 0 fully saturated rings. The van der Waals surface area contributed by atoms with Crippen LogP contribution in [0.5, 0.6) is 0 Å². The highest BCUT2D eigenvalue weighted by atomic mass is 79.9. The summed E-state index contributed by atoms with van der Waals surface area (Å²) < 4.78 is 0. The third-order valence-electron chi connectivity index (χ3n) is 2.91. The maximum absolute atomic E-state index is 6.21. The van der Waals surface area contributed by atoms with E-state index in [9.17, 15) is 0 Å². The van der Waals surface area contributed by atoms with E-state index in [1.165, 1.54) is 0 Å². The van der Waals surface area contributed by atoms with Crippen LogP contribution in [-0.4, -0.2) is 10.7 Å². The summed E-state index contributed by atoms with van der Waals surface area (Å²) >= 11 is 19.4. The van der Waals surface area contributed by atoms with E-state index in [4.69, 9.17) is 23.2 Å². The Morgan fingerprint density at radius 2 is 1.81 bits per heavy atom. The van der Waals surface area contributed by atoms with Gasteiger partial charge in [-0.15, -0.1) is 0 Å². The van der Waals surface area contributed by atoms with Crippen LogP contribution in [0.1, 0.15) is 18.9 Å². The van der Waals surface area contributed by atoms with Gasteiger partial charge in [-0.1, -0.05) is 74.1 Å². The Morgan fingerprint density at radius 3 is 2.31 bits per heavy atom. The van der Waals surface area contributed by atoms with Crippen molar-refractivity contribution in [3.8, 4) is 0 Å². The number of hydrogen-bond acceptors (Lipinski definition) is 0. The zero-order valence-corrected chi connectivity index (χ0v) is 13.8. The lowest BCUT2D eigenvalue weighted by molar-refractivity contribution is 0.374. The molecular weight excluding hydrogens is 375 g/mol. The monoisotopic (exact) mass is 386 g/mol. The van der Waals surface area contributed by atoms with Gasteiger partial charge >= 0.3 is 0 Å². The van der Waals surface area contributed by atoms with Crippen molar-refractivity contribution in [3.05, 3.63) is 33.8 Å². The third-order valence-corrected chi connectivity index (χ3v) is 6.15. The van der Waals surface area contributed by atoms with Crippen molar-refractivity contribution in [3.63, 3.8) is 0 Å². The van der Waals surface area contributed by atoms with Gasteiger partial charge in [-0.3, -0.25) is 0 Å². The highest BCUT2D eigenvalue weighted by Crippen LogP contribution is 2.35. The molecule has 0 spiro atoms. The Bertz CT molecular complexity index is 341. The molecule has 0 saturated carbocycles. The van der Waals surface area contributed by atoms with Crippen molar-refractivity contribution in [1.29, 1.82) is 0 Å². The zero-order valence-electron chi connectivity index (χ0n) is 9.07. The Kier molecular flexibility index (Phi) is 6.14. The molecule has 0 amide bonds. The van der Waals surface area contributed by atoms with Crippen LogP contribution in [0, 0.1) is 5.41 Å². The second-order valence-electron chi connectivity index (χ2n) is 4.01. The molecule has 0 nitrogen and oxygen atoms in total. The van der Waals surface area contributed by atoms with Gasteiger partial charge in [-0.05, 0) is 29.9 Å². The average molecular weight is 389 g/mol. The topological polar surface area (TPSA) is 0 Å². The maximum atomic E-state index is 6.21. The highest BCUT2D eigenvalue weighted by molar-refractivity contribution is 9.09. The molecule has 16 heavy (non-hydrogen) atoms. The van der Waals surface area contributed by atoms with E-state index < -0.39 is 0 Å². The highest BCUT2D eigenvalue weighted by Gasteiger charge is 2.27. The minimum absolute atomic E-state index is 0.203. The van der Waals surface area contributed by atoms with Gasteiger partial charge < -0.3 is 0 Å². The summed E-state index contributed by atoms with van der Waals surface area (Å²) in [6.45, 7) is 2.20. The molecule has 0 aliphatic heterocycles. The first-order valence-corrected chi connectivity index (χ1v) is 8.13. The third kappa shape index (κ3) is 3.38. The second-order valence-corrected chi connectivity index (χ2v) is 5.92. The van der Waals surface area contributed by atoms with Gasteiger partial charge in [0.25, 0.3) is 0 Å². The van der Waals surface area contributed by atoms with Gasteiger partial charge in [-0.25, -0.2) is 0 Å². The lowest BCUT2D eigenvalue weighted by atomic mass is 9.83. The molecule has 90 valence electrons. The smallest absolute Gasteiger partial charge is 0.0624 e. The Morgan fingerprint density at radius 1 is 1.19 bits per heavy atom. The predicted molar refractivity (Wildman–Crippen MR) is 80.5 cm³/mol. The molecule has 0 N–H and O–H groups in total. The van der Waals surface area contributed by atoms with E-state index in [2.05, 4.69) is 38.8 Å². The number of alkyl halides is 2. The van der Waals surface area contributed by atoms with Crippen LogP contribution >= 0.6 is 55.1 Å². The minimum Gasteiger partial charge on any atom is -0.0922 e. The molecule has 0 unspecified atom stereocenters. The molecule has 0 saturated heterocycles. The van der Waals surface area contributed by atoms with Crippen LogP contribution in [0.15, 0.2) is 18.2 Å². The summed E-state index contributed by atoms with van der Waals surface area (Å²) in [5.74, 6) is 0. The van der Waals surface area contributed by atoms with Crippen molar-refractivity contribution in [2.45, 2.75) is 19.8 Å². The van der Waals surface area contributed by atoms with Crippen molar-refractivity contribution < 1.29 is 0 Å². The molecule has 0 aliphatic rings. The fraction of sp³-hybridized carbons (Fsp3) is 0.500. The van der Waals surface area contributed by atoms with Crippen molar-refractivity contribution in [2.24, 2.45) is 5.41 Å². The molecular formula is C12H14Br2Cl2. The predicted octanol–water partition coefficient (Wildman–Crippen LogP) is 5.72. The van der Waals surface area contributed by atoms with Crippen LogP contribution in [0.2, 0.25) is 10.0 Å². The first kappa shape index (κ1) is 14.8. The summed E-state index contributed by atoms with van der Waals surface area (Å²) in [6, 6.07) is 5.82. The van der Waals surface area contributed by atoms with E-state index in [0.717, 1.165) is 29.1 Å². The van der Waals surface area contributed by atoms with Crippen molar-refractivity contribution in [1.82, 2.24) is 0 Å². The van der Waals surface area contributed by atoms with E-state index in [0.29, 0.717) is 10.0 Å². The van der Waals surface area contributed by atoms with E-state index in [-0.39, 0.29) is 5.41 Å². The molecule has 1 aromatic rings. The minimum atomic E-state index is 0.203. The van der Waals surface area contributed by atoms with Gasteiger partial charge in [0.2, 0.25) is 0 Å². The first-order valence-electron chi connectivity index (χ1n) is 5.13. The second kappa shape index (κ2) is 6.63. The molecule has 1 rings (SSSR count). The lowest BCUT2D eigenvalue weighted by Crippen LogP contribution is -2.26. The Labute approximate surface area is 124 Å². The maximum Gasteiger partial charge on any atom is 0.0624 e. The molecule has 1 aromatic carbocycles. The first-order chi connectivity index (χ1) is 7.58. The Hall–Kier alpha value is 0.760. The van der Waals surface area contributed by atoms with Gasteiger partial charge in [0.15, 0.2) is 0 Å². The summed E-state index contributed by atoms with van der Waals surface area (Å²) in [5, 5.41) is 3.21. The SMILES string of the molecule is CCC(CBr)(CBr)Cc1cccc(Cl)c1Cl. The van der Waals surface area contributed by atoms with Gasteiger partial charge in [0.05, 0.1) is 10.0 Å². The Balaban J connectivity index is 2.98. The number of rotatable bonds is 5. The van der Waals surface area contributed by atoms with Gasteiger partial charge in [-0.2, -0.15) is 0 Å². The van der Waals surface area contributed by atoms with Gasteiger partial charge in [0.1, 0.15) is 0 Å². The van der Waals surface area contributed by atoms with Crippen molar-refractivity contribution in [2.75, 3.05) is 10.7 Å². The molecule has 0 bridgehead atoms. The largest absolute Gasteiger partial charge is 0.0922 e. The van der Waals surface area contributed by atoms with Crippen LogP contribution < -0.4 is 0 Å². The number of hydrogen-bond donors (Lipinski definition) is 0. The van der Waals surface area contributed by atoms with Crippen molar-refractivity contribution >= 4 is 55.1 Å². The number of halogens is 4. The van der Waals surface area contributed by atoms with E-state index >= 15 is 0 Å². The average Bonchev–Trinajstić information content (AvgIpc) is 2.32. The fourth-order valence-electron chi connectivity index (χ4n) is 1.53. The molecule has 0 radical (unpaired) electrons. The molecule has 0 aromatic heterocycles. The molecule has 0 atom stereocenters. The van der Waals surface area contributed by atoms with Crippen LogP contribution in [-0.2, 0) is 6.42 Å². The quantitative estimate of drug-likeness (QED) is 0.565. The molecule has 0 aliphatic carbocycles. The van der Waals surface area contributed by atoms with Crippen LogP contribution in [0.3, 0.4) is 0 Å². The summed E-state index contributed by atoms with van der Waals surface area (Å²) in [7, 11) is 0. The number of benzene rings is 1. The van der Waals surface area contributed by atoms with E-state index in [1.807, 2.05) is 18.2 Å². The summed E-state index contributed by atoms with van der Waals surface area (Å²) in [6.07, 6.45) is 2.02. The molecule has 0 heterocycles. The summed E-state index contributed by atoms with van der Waals surface area (Å²) in [5.41, 5.74) is 1.32. The van der Waals surface area contributed by atoms with Crippen LogP contribution in [0.25, 0.3) is 0 Å². The van der Waals surface area contributed by atoms with Gasteiger partial charge in [0, 0.05) is 10.7 Å². The fourth-order valence-corrected chi connectivity index (χ4v) is 4.04. The standard InChI is InChI=1S/C12H14Br2Cl2/c1-2-12(7-13,8-14)6-9-4-3-5-10(15)11(9)16/h3-5H,2,6-8H2,1H3.